The van der Waals surface area contributed by atoms with Gasteiger partial charge in [-0.25, -0.2) is 0 Å². The molecule has 1 aromatic carbocycles. The van der Waals surface area contributed by atoms with Gasteiger partial charge in [0.2, 0.25) is 0 Å². The molecule has 0 aliphatic carbocycles. The van der Waals surface area contributed by atoms with Crippen LogP contribution in [0.4, 0.5) is 0 Å². The van der Waals surface area contributed by atoms with Crippen LogP contribution < -0.4 is 0 Å². The summed E-state index contributed by atoms with van der Waals surface area (Å²) < 4.78 is 11.2. The van der Waals surface area contributed by atoms with Gasteiger partial charge in [0.05, 0.1) is 13.2 Å². The SMILES string of the molecule is CCc1cc(C2OCCO2)cc(C(C)(C)C)c1. The first-order valence-corrected chi connectivity index (χ1v) is 6.38. The minimum atomic E-state index is -0.164. The third kappa shape index (κ3) is 2.88. The van der Waals surface area contributed by atoms with Crippen LogP contribution in [0.15, 0.2) is 18.2 Å². The van der Waals surface area contributed by atoms with E-state index < -0.39 is 0 Å². The predicted octanol–water partition coefficient (Wildman–Crippen LogP) is 3.59. The van der Waals surface area contributed by atoms with E-state index in [2.05, 4.69) is 45.9 Å². The van der Waals surface area contributed by atoms with Crippen molar-refractivity contribution in [2.24, 2.45) is 0 Å². The van der Waals surface area contributed by atoms with Gasteiger partial charge >= 0.3 is 0 Å². The van der Waals surface area contributed by atoms with E-state index in [1.165, 1.54) is 11.1 Å². The Kier molecular flexibility index (Phi) is 3.55. The number of hydrogen-bond acceptors (Lipinski definition) is 2. The lowest BCUT2D eigenvalue weighted by Crippen LogP contribution is -2.13. The molecule has 0 N–H and O–H groups in total. The molecule has 1 saturated heterocycles. The molecule has 0 spiro atoms. The summed E-state index contributed by atoms with van der Waals surface area (Å²) >= 11 is 0. The Bertz CT molecular complexity index is 384. The predicted molar refractivity (Wildman–Crippen MR) is 69.2 cm³/mol. The van der Waals surface area contributed by atoms with Gasteiger partial charge in [-0.05, 0) is 23.0 Å². The van der Waals surface area contributed by atoms with Gasteiger partial charge in [0.1, 0.15) is 0 Å². The molecule has 1 aliphatic heterocycles. The highest BCUT2D eigenvalue weighted by Crippen LogP contribution is 2.30. The molecule has 0 amide bonds. The van der Waals surface area contributed by atoms with Crippen LogP contribution in [0, 0.1) is 0 Å². The van der Waals surface area contributed by atoms with Gasteiger partial charge in [-0.2, -0.15) is 0 Å². The highest BCUT2D eigenvalue weighted by Gasteiger charge is 2.22. The van der Waals surface area contributed by atoms with Crippen LogP contribution in [0.25, 0.3) is 0 Å². The Balaban J connectivity index is 2.38. The smallest absolute Gasteiger partial charge is 0.184 e. The van der Waals surface area contributed by atoms with Gasteiger partial charge in [-0.3, -0.25) is 0 Å². The van der Waals surface area contributed by atoms with Crippen LogP contribution in [-0.4, -0.2) is 13.2 Å². The Morgan fingerprint density at radius 1 is 1.12 bits per heavy atom. The van der Waals surface area contributed by atoms with Crippen molar-refractivity contribution in [2.75, 3.05) is 13.2 Å². The second-order valence-electron chi connectivity index (χ2n) is 5.64. The van der Waals surface area contributed by atoms with Crippen molar-refractivity contribution < 1.29 is 9.47 Å². The van der Waals surface area contributed by atoms with Crippen LogP contribution in [0.5, 0.6) is 0 Å². The maximum atomic E-state index is 5.58. The van der Waals surface area contributed by atoms with E-state index in [1.807, 2.05) is 0 Å². The first-order chi connectivity index (χ1) is 8.00. The minimum absolute atomic E-state index is 0.164. The topological polar surface area (TPSA) is 18.5 Å². The molecular weight excluding hydrogens is 212 g/mol. The van der Waals surface area contributed by atoms with E-state index in [9.17, 15) is 0 Å². The van der Waals surface area contributed by atoms with E-state index in [4.69, 9.17) is 9.47 Å². The second-order valence-corrected chi connectivity index (χ2v) is 5.64. The van der Waals surface area contributed by atoms with E-state index >= 15 is 0 Å². The quantitative estimate of drug-likeness (QED) is 0.778. The minimum Gasteiger partial charge on any atom is -0.346 e. The third-order valence-corrected chi connectivity index (χ3v) is 3.18. The summed E-state index contributed by atoms with van der Waals surface area (Å²) in [7, 11) is 0. The first kappa shape index (κ1) is 12.6. The van der Waals surface area contributed by atoms with Crippen molar-refractivity contribution in [3.8, 4) is 0 Å². The molecule has 94 valence electrons. The molecule has 1 heterocycles. The summed E-state index contributed by atoms with van der Waals surface area (Å²) in [4.78, 5) is 0. The summed E-state index contributed by atoms with van der Waals surface area (Å²) in [5, 5.41) is 0. The fraction of sp³-hybridized carbons (Fsp3) is 0.600. The molecule has 0 unspecified atom stereocenters. The fourth-order valence-electron chi connectivity index (χ4n) is 2.04. The molecular formula is C15H22O2. The van der Waals surface area contributed by atoms with E-state index in [0.29, 0.717) is 13.2 Å². The molecule has 0 radical (unpaired) electrons. The zero-order valence-corrected chi connectivity index (χ0v) is 11.2. The third-order valence-electron chi connectivity index (χ3n) is 3.18. The Morgan fingerprint density at radius 3 is 2.29 bits per heavy atom. The number of benzene rings is 1. The Labute approximate surface area is 104 Å². The lowest BCUT2D eigenvalue weighted by Gasteiger charge is -2.22. The zero-order valence-electron chi connectivity index (χ0n) is 11.2. The molecule has 1 fully saturated rings. The molecule has 0 atom stereocenters. The average Bonchev–Trinajstić information content (AvgIpc) is 2.80. The van der Waals surface area contributed by atoms with Crippen molar-refractivity contribution in [1.29, 1.82) is 0 Å². The molecule has 0 bridgehead atoms. The summed E-state index contributed by atoms with van der Waals surface area (Å²) in [6.07, 6.45) is 0.881. The largest absolute Gasteiger partial charge is 0.346 e. The highest BCUT2D eigenvalue weighted by molar-refractivity contribution is 5.35. The highest BCUT2D eigenvalue weighted by atomic mass is 16.7. The summed E-state index contributed by atoms with van der Waals surface area (Å²) in [5.74, 6) is 0. The van der Waals surface area contributed by atoms with Crippen molar-refractivity contribution >= 4 is 0 Å². The fourth-order valence-corrected chi connectivity index (χ4v) is 2.04. The number of aryl methyl sites for hydroxylation is 1. The summed E-state index contributed by atoms with van der Waals surface area (Å²) in [6, 6.07) is 6.71. The Morgan fingerprint density at radius 2 is 1.76 bits per heavy atom. The van der Waals surface area contributed by atoms with Crippen LogP contribution in [0.1, 0.15) is 50.7 Å². The van der Waals surface area contributed by atoms with Crippen molar-refractivity contribution in [1.82, 2.24) is 0 Å². The summed E-state index contributed by atoms with van der Waals surface area (Å²) in [6.45, 7) is 10.3. The van der Waals surface area contributed by atoms with Gasteiger partial charge in [-0.15, -0.1) is 0 Å². The maximum Gasteiger partial charge on any atom is 0.184 e. The molecule has 2 rings (SSSR count). The van der Waals surface area contributed by atoms with Crippen molar-refractivity contribution in [3.63, 3.8) is 0 Å². The van der Waals surface area contributed by atoms with E-state index in [1.54, 1.807) is 0 Å². The zero-order chi connectivity index (χ0) is 12.5. The first-order valence-electron chi connectivity index (χ1n) is 6.38. The average molecular weight is 234 g/mol. The monoisotopic (exact) mass is 234 g/mol. The Hall–Kier alpha value is -0.860. The molecule has 17 heavy (non-hydrogen) atoms. The standard InChI is InChI=1S/C15H22O2/c1-5-11-8-12(14-16-6-7-17-14)10-13(9-11)15(2,3)4/h8-10,14H,5-7H2,1-4H3. The van der Waals surface area contributed by atoms with E-state index in [0.717, 1.165) is 12.0 Å². The lowest BCUT2D eigenvalue weighted by atomic mass is 9.84. The van der Waals surface area contributed by atoms with E-state index in [-0.39, 0.29) is 11.7 Å². The lowest BCUT2D eigenvalue weighted by molar-refractivity contribution is -0.0442. The van der Waals surface area contributed by atoms with Gasteiger partial charge in [0.25, 0.3) is 0 Å². The van der Waals surface area contributed by atoms with Crippen LogP contribution >= 0.6 is 0 Å². The number of ether oxygens (including phenoxy) is 2. The normalized spacial score (nSPS) is 17.6. The number of hydrogen-bond donors (Lipinski definition) is 0. The molecule has 1 aromatic rings. The van der Waals surface area contributed by atoms with Gasteiger partial charge in [-0.1, -0.05) is 45.9 Å². The van der Waals surface area contributed by atoms with Gasteiger partial charge < -0.3 is 9.47 Å². The molecule has 2 heteroatoms. The molecule has 1 aliphatic rings. The number of rotatable bonds is 2. The molecule has 2 nitrogen and oxygen atoms in total. The van der Waals surface area contributed by atoms with Crippen LogP contribution in [0.2, 0.25) is 0 Å². The van der Waals surface area contributed by atoms with Crippen LogP contribution in [-0.2, 0) is 21.3 Å². The molecule has 0 saturated carbocycles. The van der Waals surface area contributed by atoms with Gasteiger partial charge in [0, 0.05) is 5.56 Å². The second kappa shape index (κ2) is 4.79. The van der Waals surface area contributed by atoms with Crippen LogP contribution in [0.3, 0.4) is 0 Å². The molecule has 0 aromatic heterocycles. The summed E-state index contributed by atoms with van der Waals surface area (Å²) in [5.41, 5.74) is 4.03. The van der Waals surface area contributed by atoms with Crippen molar-refractivity contribution in [3.05, 3.63) is 34.9 Å². The maximum absolute atomic E-state index is 5.58. The van der Waals surface area contributed by atoms with Crippen molar-refractivity contribution in [2.45, 2.75) is 45.8 Å². The van der Waals surface area contributed by atoms with Gasteiger partial charge in [0.15, 0.2) is 6.29 Å².